The lowest BCUT2D eigenvalue weighted by Crippen LogP contribution is -2.00. The van der Waals surface area contributed by atoms with Gasteiger partial charge in [-0.15, -0.1) is 0 Å². The van der Waals surface area contributed by atoms with Gasteiger partial charge in [-0.1, -0.05) is 6.07 Å². The minimum Gasteiger partial charge on any atom is -0.497 e. The van der Waals surface area contributed by atoms with E-state index in [1.54, 1.807) is 19.2 Å². The van der Waals surface area contributed by atoms with Gasteiger partial charge in [0, 0.05) is 28.6 Å². The third-order valence-corrected chi connectivity index (χ3v) is 5.04. The van der Waals surface area contributed by atoms with Crippen molar-refractivity contribution < 1.29 is 28.0 Å². The molecule has 0 aromatic heterocycles. The molecule has 1 aliphatic carbocycles. The van der Waals surface area contributed by atoms with Gasteiger partial charge in [-0.25, -0.2) is 4.57 Å². The third-order valence-electron chi connectivity index (χ3n) is 4.59. The Hall–Kier alpha value is -3.12. The lowest BCUT2D eigenvalue weighted by Gasteiger charge is -2.17. The maximum atomic E-state index is 11.9. The van der Waals surface area contributed by atoms with E-state index in [4.69, 9.17) is 18.9 Å². The standard InChI is InChI=1S/C21H17O7P/c1-12-9-14(26-2)4-7-16(12)21-17-6-3-13(22)10-19(17)27-20-11-15(5-8-18(20)21)28-29(23,24)25/h3-11H,1-2H3,(H2,23,24,25). The molecular formula is C21H17O7P. The topological polar surface area (TPSA) is 106 Å². The van der Waals surface area contributed by atoms with Crippen molar-refractivity contribution in [2.75, 3.05) is 7.11 Å². The van der Waals surface area contributed by atoms with Gasteiger partial charge >= 0.3 is 7.82 Å². The van der Waals surface area contributed by atoms with Crippen LogP contribution in [0.3, 0.4) is 0 Å². The van der Waals surface area contributed by atoms with Crippen LogP contribution >= 0.6 is 7.82 Å². The second-order valence-corrected chi connectivity index (χ2v) is 7.72. The van der Waals surface area contributed by atoms with Crippen molar-refractivity contribution in [1.29, 1.82) is 0 Å². The average molecular weight is 412 g/mol. The molecule has 4 rings (SSSR count). The Morgan fingerprint density at radius 2 is 1.66 bits per heavy atom. The van der Waals surface area contributed by atoms with E-state index in [9.17, 15) is 9.36 Å². The fourth-order valence-electron chi connectivity index (χ4n) is 3.38. The fraction of sp³-hybridized carbons (Fsp3) is 0.0952. The van der Waals surface area contributed by atoms with Crippen LogP contribution in [0.1, 0.15) is 5.56 Å². The summed E-state index contributed by atoms with van der Waals surface area (Å²) in [5.74, 6) is 1.05. The Balaban J connectivity index is 2.05. The van der Waals surface area contributed by atoms with E-state index >= 15 is 0 Å². The molecule has 0 unspecified atom stereocenters. The highest BCUT2D eigenvalue weighted by atomic mass is 31.2. The van der Waals surface area contributed by atoms with Crippen LogP contribution in [-0.2, 0) is 4.57 Å². The first-order chi connectivity index (χ1) is 13.7. The number of rotatable bonds is 4. The molecule has 2 aliphatic rings. The summed E-state index contributed by atoms with van der Waals surface area (Å²) in [5.41, 5.74) is 3.58. The molecule has 29 heavy (non-hydrogen) atoms. The summed E-state index contributed by atoms with van der Waals surface area (Å²) in [7, 11) is -3.12. The minimum atomic E-state index is -4.71. The molecule has 0 radical (unpaired) electrons. The maximum Gasteiger partial charge on any atom is 0.524 e. The molecule has 2 N–H and O–H groups in total. The molecule has 0 fully saturated rings. The maximum absolute atomic E-state index is 11.9. The van der Waals surface area contributed by atoms with Crippen LogP contribution in [0.25, 0.3) is 33.4 Å². The molecule has 0 saturated carbocycles. The Morgan fingerprint density at radius 3 is 2.34 bits per heavy atom. The van der Waals surface area contributed by atoms with Gasteiger partial charge in [-0.05, 0) is 54.4 Å². The zero-order valence-corrected chi connectivity index (χ0v) is 16.5. The predicted octanol–water partition coefficient (Wildman–Crippen LogP) is 4.35. The molecule has 2 aromatic rings. The Kier molecular flexibility index (Phi) is 4.67. The van der Waals surface area contributed by atoms with Gasteiger partial charge in [0.1, 0.15) is 22.8 Å². The molecule has 1 heterocycles. The Morgan fingerprint density at radius 1 is 0.931 bits per heavy atom. The first-order valence-corrected chi connectivity index (χ1v) is 10.2. The molecule has 2 aromatic carbocycles. The van der Waals surface area contributed by atoms with Gasteiger partial charge in [-0.3, -0.25) is 14.6 Å². The highest BCUT2D eigenvalue weighted by Gasteiger charge is 2.21. The van der Waals surface area contributed by atoms with Gasteiger partial charge in [-0.2, -0.15) is 0 Å². The normalized spacial score (nSPS) is 11.7. The zero-order valence-electron chi connectivity index (χ0n) is 15.6. The monoisotopic (exact) mass is 412 g/mol. The van der Waals surface area contributed by atoms with Gasteiger partial charge in [0.15, 0.2) is 5.43 Å². The molecule has 8 heteroatoms. The zero-order chi connectivity index (χ0) is 20.8. The third kappa shape index (κ3) is 3.76. The minimum absolute atomic E-state index is 0.0374. The van der Waals surface area contributed by atoms with Gasteiger partial charge in [0.05, 0.1) is 7.11 Å². The molecule has 0 bridgehead atoms. The predicted molar refractivity (Wildman–Crippen MR) is 109 cm³/mol. The van der Waals surface area contributed by atoms with E-state index in [0.29, 0.717) is 16.7 Å². The van der Waals surface area contributed by atoms with Crippen LogP contribution in [-0.4, -0.2) is 16.9 Å². The van der Waals surface area contributed by atoms with Crippen LogP contribution in [0.4, 0.5) is 0 Å². The van der Waals surface area contributed by atoms with Crippen molar-refractivity contribution in [2.24, 2.45) is 0 Å². The van der Waals surface area contributed by atoms with E-state index in [2.05, 4.69) is 4.52 Å². The summed E-state index contributed by atoms with van der Waals surface area (Å²) in [5, 5.41) is 0.711. The van der Waals surface area contributed by atoms with E-state index in [-0.39, 0.29) is 11.2 Å². The average Bonchev–Trinajstić information content (AvgIpc) is 2.65. The molecule has 7 nitrogen and oxygen atoms in total. The molecule has 1 aliphatic heterocycles. The molecule has 0 saturated heterocycles. The van der Waals surface area contributed by atoms with Crippen LogP contribution < -0.4 is 14.7 Å². The fourth-order valence-corrected chi connectivity index (χ4v) is 3.77. The van der Waals surface area contributed by atoms with Crippen molar-refractivity contribution in [3.05, 3.63) is 70.4 Å². The number of hydrogen-bond donors (Lipinski definition) is 2. The summed E-state index contributed by atoms with van der Waals surface area (Å²) < 4.78 is 27.0. The lowest BCUT2D eigenvalue weighted by atomic mass is 9.91. The van der Waals surface area contributed by atoms with Crippen molar-refractivity contribution in [2.45, 2.75) is 6.92 Å². The second kappa shape index (κ2) is 7.04. The summed E-state index contributed by atoms with van der Waals surface area (Å²) in [6.07, 6.45) is 0. The number of aryl methyl sites for hydroxylation is 1. The summed E-state index contributed by atoms with van der Waals surface area (Å²) in [6.45, 7) is 1.95. The van der Waals surface area contributed by atoms with Gasteiger partial charge in [0.2, 0.25) is 0 Å². The van der Waals surface area contributed by atoms with Crippen molar-refractivity contribution >= 4 is 18.8 Å². The summed E-state index contributed by atoms with van der Waals surface area (Å²) in [4.78, 5) is 30.0. The van der Waals surface area contributed by atoms with Crippen LogP contribution in [0, 0.1) is 6.92 Å². The van der Waals surface area contributed by atoms with Crippen LogP contribution in [0.2, 0.25) is 0 Å². The highest BCUT2D eigenvalue weighted by Crippen LogP contribution is 2.44. The molecule has 0 amide bonds. The largest absolute Gasteiger partial charge is 0.524 e. The first-order valence-electron chi connectivity index (χ1n) is 8.66. The van der Waals surface area contributed by atoms with E-state index < -0.39 is 7.82 Å². The number of fused-ring (bicyclic) bond motifs is 2. The van der Waals surface area contributed by atoms with Crippen LogP contribution in [0.15, 0.2) is 63.8 Å². The van der Waals surface area contributed by atoms with Gasteiger partial charge < -0.3 is 13.7 Å². The number of hydrogen-bond acceptors (Lipinski definition) is 5. The number of methoxy groups -OCH3 is 1. The molecule has 0 atom stereocenters. The molecule has 0 spiro atoms. The van der Waals surface area contributed by atoms with Gasteiger partial charge in [0.25, 0.3) is 0 Å². The quantitative estimate of drug-likeness (QED) is 0.379. The summed E-state index contributed by atoms with van der Waals surface area (Å²) in [6, 6.07) is 14.8. The molecular weight excluding hydrogens is 395 g/mol. The van der Waals surface area contributed by atoms with Crippen molar-refractivity contribution in [1.82, 2.24) is 0 Å². The summed E-state index contributed by atoms with van der Waals surface area (Å²) >= 11 is 0. The van der Waals surface area contributed by atoms with Crippen molar-refractivity contribution in [3.63, 3.8) is 0 Å². The number of ether oxygens (including phenoxy) is 1. The highest BCUT2D eigenvalue weighted by molar-refractivity contribution is 7.46. The SMILES string of the molecule is COc1ccc(-c2c3ccc(=O)cc-3oc3cc(OP(=O)(O)O)ccc23)c(C)c1. The first kappa shape index (κ1) is 19.2. The van der Waals surface area contributed by atoms with Crippen LogP contribution in [0.5, 0.6) is 11.5 Å². The number of phosphoric acid groups is 1. The van der Waals surface area contributed by atoms with E-state index in [1.165, 1.54) is 24.3 Å². The number of phosphoric ester groups is 1. The van der Waals surface area contributed by atoms with Crippen molar-refractivity contribution in [3.8, 4) is 33.9 Å². The lowest BCUT2D eigenvalue weighted by molar-refractivity contribution is 0.283. The number of benzene rings is 3. The molecule has 148 valence electrons. The smallest absolute Gasteiger partial charge is 0.497 e. The Labute approximate surface area is 165 Å². The van der Waals surface area contributed by atoms with E-state index in [1.807, 2.05) is 25.1 Å². The Bertz CT molecular complexity index is 1300. The second-order valence-electron chi connectivity index (χ2n) is 6.56. The van der Waals surface area contributed by atoms with E-state index in [0.717, 1.165) is 28.0 Å².